The van der Waals surface area contributed by atoms with Gasteiger partial charge in [-0.25, -0.2) is 0 Å². The van der Waals surface area contributed by atoms with Gasteiger partial charge >= 0.3 is 0 Å². The van der Waals surface area contributed by atoms with E-state index in [4.69, 9.17) is 0 Å². The fourth-order valence-corrected chi connectivity index (χ4v) is 1.38. The van der Waals surface area contributed by atoms with Gasteiger partial charge in [-0.1, -0.05) is 39.8 Å². The number of rotatable bonds is 0. The molecule has 0 radical (unpaired) electrons. The van der Waals surface area contributed by atoms with Gasteiger partial charge in [0.2, 0.25) is 0 Å². The minimum absolute atomic E-state index is 0.0322. The van der Waals surface area contributed by atoms with Gasteiger partial charge < -0.3 is 5.11 Å². The molecule has 1 aliphatic carbocycles. The highest BCUT2D eigenvalue weighted by atomic mass is 16.3. The molecule has 1 unspecified atom stereocenters. The summed E-state index contributed by atoms with van der Waals surface area (Å²) in [7, 11) is 0. The summed E-state index contributed by atoms with van der Waals surface area (Å²) in [4.78, 5) is 0. The van der Waals surface area contributed by atoms with E-state index >= 15 is 0 Å². The lowest BCUT2D eigenvalue weighted by Gasteiger charge is -2.38. The Bertz CT molecular complexity index is 177. The second-order valence-electron chi connectivity index (χ2n) is 4.86. The van der Waals surface area contributed by atoms with Gasteiger partial charge in [0.05, 0.1) is 6.10 Å². The molecule has 11 heavy (non-hydrogen) atoms. The second-order valence-corrected chi connectivity index (χ2v) is 4.86. The molecular weight excluding hydrogens is 136 g/mol. The molecule has 1 nitrogen and oxygen atoms in total. The lowest BCUT2D eigenvalue weighted by Crippen LogP contribution is -2.35. The van der Waals surface area contributed by atoms with Crippen molar-refractivity contribution >= 4 is 0 Å². The summed E-state index contributed by atoms with van der Waals surface area (Å²) in [5.74, 6) is 0. The van der Waals surface area contributed by atoms with E-state index in [-0.39, 0.29) is 16.9 Å². The first-order chi connectivity index (χ1) is 4.83. The predicted octanol–water partition coefficient (Wildman–Crippen LogP) is 2.36. The molecule has 1 aliphatic rings. The molecule has 0 aliphatic heterocycles. The molecular formula is C10H18O. The minimum Gasteiger partial charge on any atom is -0.392 e. The molecule has 0 fully saturated rings. The highest BCUT2D eigenvalue weighted by molar-refractivity contribution is 5.10. The van der Waals surface area contributed by atoms with Crippen molar-refractivity contribution in [3.05, 3.63) is 12.2 Å². The van der Waals surface area contributed by atoms with Gasteiger partial charge in [0.15, 0.2) is 0 Å². The first-order valence-electron chi connectivity index (χ1n) is 4.22. The molecule has 0 heterocycles. The van der Waals surface area contributed by atoms with Gasteiger partial charge in [0, 0.05) is 5.41 Å². The van der Waals surface area contributed by atoms with E-state index in [1.807, 2.05) is 0 Å². The van der Waals surface area contributed by atoms with Crippen LogP contribution in [0.5, 0.6) is 0 Å². The van der Waals surface area contributed by atoms with Crippen molar-refractivity contribution in [2.45, 2.75) is 40.2 Å². The molecule has 0 aromatic heterocycles. The zero-order chi connectivity index (χ0) is 8.70. The molecule has 0 bridgehead atoms. The number of allylic oxidation sites excluding steroid dienone is 1. The molecule has 0 aromatic carbocycles. The van der Waals surface area contributed by atoms with Gasteiger partial charge in [0.1, 0.15) is 0 Å². The van der Waals surface area contributed by atoms with Crippen LogP contribution in [0.1, 0.15) is 34.1 Å². The van der Waals surface area contributed by atoms with E-state index < -0.39 is 0 Å². The molecule has 1 rings (SSSR count). The van der Waals surface area contributed by atoms with Crippen LogP contribution in [0.2, 0.25) is 0 Å². The van der Waals surface area contributed by atoms with Crippen LogP contribution < -0.4 is 0 Å². The molecule has 1 atom stereocenters. The Balaban J connectivity index is 2.84. The van der Waals surface area contributed by atoms with Crippen molar-refractivity contribution in [1.29, 1.82) is 0 Å². The van der Waals surface area contributed by atoms with E-state index in [1.165, 1.54) is 0 Å². The fraction of sp³-hybridized carbons (Fsp3) is 0.800. The second kappa shape index (κ2) is 2.34. The van der Waals surface area contributed by atoms with Crippen LogP contribution in [0.4, 0.5) is 0 Å². The Kier molecular flexibility index (Phi) is 1.87. The Morgan fingerprint density at radius 2 is 1.73 bits per heavy atom. The molecule has 0 spiro atoms. The van der Waals surface area contributed by atoms with Crippen molar-refractivity contribution in [2.24, 2.45) is 10.8 Å². The molecule has 1 heteroatoms. The summed E-state index contributed by atoms with van der Waals surface area (Å²) in [6, 6.07) is 0. The Labute approximate surface area is 69.1 Å². The average Bonchev–Trinajstić information content (AvgIpc) is 1.81. The quantitative estimate of drug-likeness (QED) is 0.531. The van der Waals surface area contributed by atoms with Gasteiger partial charge in [0.25, 0.3) is 0 Å². The SMILES string of the molecule is CC1(C)C=CC(C)(C)C(O)C1. The summed E-state index contributed by atoms with van der Waals surface area (Å²) in [6.45, 7) is 8.46. The Hall–Kier alpha value is -0.300. The maximum absolute atomic E-state index is 9.72. The van der Waals surface area contributed by atoms with Crippen LogP contribution in [0.15, 0.2) is 12.2 Å². The van der Waals surface area contributed by atoms with Gasteiger partial charge in [-0.05, 0) is 11.8 Å². The van der Waals surface area contributed by atoms with Crippen LogP contribution in [0.3, 0.4) is 0 Å². The number of hydrogen-bond donors (Lipinski definition) is 1. The average molecular weight is 154 g/mol. The largest absolute Gasteiger partial charge is 0.392 e. The first-order valence-corrected chi connectivity index (χ1v) is 4.22. The van der Waals surface area contributed by atoms with Crippen molar-refractivity contribution in [1.82, 2.24) is 0 Å². The third kappa shape index (κ3) is 1.84. The summed E-state index contributed by atoms with van der Waals surface area (Å²) < 4.78 is 0. The third-order valence-electron chi connectivity index (χ3n) is 2.54. The van der Waals surface area contributed by atoms with Crippen molar-refractivity contribution in [3.8, 4) is 0 Å². The van der Waals surface area contributed by atoms with Crippen molar-refractivity contribution < 1.29 is 5.11 Å². The normalized spacial score (nSPS) is 33.7. The third-order valence-corrected chi connectivity index (χ3v) is 2.54. The van der Waals surface area contributed by atoms with Crippen molar-refractivity contribution in [3.63, 3.8) is 0 Å². The maximum atomic E-state index is 9.72. The topological polar surface area (TPSA) is 20.2 Å². The van der Waals surface area contributed by atoms with Crippen LogP contribution in [-0.4, -0.2) is 11.2 Å². The van der Waals surface area contributed by atoms with E-state index in [2.05, 4.69) is 39.8 Å². The summed E-state index contributed by atoms with van der Waals surface area (Å²) in [5.41, 5.74) is 0.143. The summed E-state index contributed by atoms with van der Waals surface area (Å²) in [5, 5.41) is 9.72. The van der Waals surface area contributed by atoms with Gasteiger partial charge in [-0.2, -0.15) is 0 Å². The molecule has 0 amide bonds. The van der Waals surface area contributed by atoms with E-state index in [9.17, 15) is 5.11 Å². The molecule has 1 N–H and O–H groups in total. The zero-order valence-electron chi connectivity index (χ0n) is 7.89. The smallest absolute Gasteiger partial charge is 0.0633 e. The number of hydrogen-bond acceptors (Lipinski definition) is 1. The van der Waals surface area contributed by atoms with Crippen LogP contribution in [0.25, 0.3) is 0 Å². The lowest BCUT2D eigenvalue weighted by atomic mass is 9.70. The highest BCUT2D eigenvalue weighted by Crippen LogP contribution is 2.38. The molecule has 0 aromatic rings. The fourth-order valence-electron chi connectivity index (χ4n) is 1.38. The Morgan fingerprint density at radius 1 is 1.18 bits per heavy atom. The first kappa shape index (κ1) is 8.79. The molecule has 0 saturated carbocycles. The standard InChI is InChI=1S/C10H18O/c1-9(2)5-6-10(3,4)8(11)7-9/h5-6,8,11H,7H2,1-4H3. The Morgan fingerprint density at radius 3 is 2.09 bits per heavy atom. The lowest BCUT2D eigenvalue weighted by molar-refractivity contribution is 0.0393. The minimum atomic E-state index is -0.192. The van der Waals surface area contributed by atoms with Gasteiger partial charge in [-0.15, -0.1) is 0 Å². The monoisotopic (exact) mass is 154 g/mol. The van der Waals surface area contributed by atoms with Crippen LogP contribution in [0, 0.1) is 10.8 Å². The van der Waals surface area contributed by atoms with E-state index in [0.717, 1.165) is 6.42 Å². The maximum Gasteiger partial charge on any atom is 0.0633 e. The van der Waals surface area contributed by atoms with Gasteiger partial charge in [-0.3, -0.25) is 0 Å². The molecule has 0 saturated heterocycles. The summed E-state index contributed by atoms with van der Waals surface area (Å²) >= 11 is 0. The number of aliphatic hydroxyl groups excluding tert-OH is 1. The van der Waals surface area contributed by atoms with E-state index in [1.54, 1.807) is 0 Å². The molecule has 64 valence electrons. The van der Waals surface area contributed by atoms with Crippen LogP contribution >= 0.6 is 0 Å². The van der Waals surface area contributed by atoms with Crippen molar-refractivity contribution in [2.75, 3.05) is 0 Å². The predicted molar refractivity (Wildman–Crippen MR) is 47.3 cm³/mol. The highest BCUT2D eigenvalue weighted by Gasteiger charge is 2.34. The van der Waals surface area contributed by atoms with Crippen LogP contribution in [-0.2, 0) is 0 Å². The summed E-state index contributed by atoms with van der Waals surface area (Å²) in [6.07, 6.45) is 5.01. The zero-order valence-corrected chi connectivity index (χ0v) is 7.89. The number of aliphatic hydroxyl groups is 1. The van der Waals surface area contributed by atoms with E-state index in [0.29, 0.717) is 0 Å².